The van der Waals surface area contributed by atoms with Crippen molar-refractivity contribution in [3.8, 4) is 11.8 Å². The fraction of sp³-hybridized carbons (Fsp3) is 0.111. The van der Waals surface area contributed by atoms with Gasteiger partial charge in [-0.2, -0.15) is 5.26 Å². The second-order valence-corrected chi connectivity index (χ2v) is 4.60. The average Bonchev–Trinajstić information content (AvgIpc) is 2.56. The van der Waals surface area contributed by atoms with Gasteiger partial charge >= 0.3 is 0 Å². The molecule has 2 aromatic rings. The molecule has 0 spiro atoms. The van der Waals surface area contributed by atoms with Gasteiger partial charge < -0.3 is 10.1 Å². The highest BCUT2D eigenvalue weighted by molar-refractivity contribution is 6.09. The van der Waals surface area contributed by atoms with Crippen molar-refractivity contribution < 1.29 is 13.9 Å². The lowest BCUT2D eigenvalue weighted by Crippen LogP contribution is -2.13. The zero-order chi connectivity index (χ0) is 16.7. The maximum atomic E-state index is 13.6. The topological polar surface area (TPSA) is 62.1 Å². The Balaban J connectivity index is 2.14. The molecular formula is C18H15FN2O2. The zero-order valence-electron chi connectivity index (χ0n) is 12.5. The van der Waals surface area contributed by atoms with Crippen LogP contribution in [-0.4, -0.2) is 12.5 Å². The van der Waals surface area contributed by atoms with Crippen LogP contribution in [0.3, 0.4) is 0 Å². The van der Waals surface area contributed by atoms with Gasteiger partial charge in [-0.1, -0.05) is 18.2 Å². The first-order valence-electron chi connectivity index (χ1n) is 7.04. The van der Waals surface area contributed by atoms with Gasteiger partial charge in [0.2, 0.25) is 0 Å². The van der Waals surface area contributed by atoms with Crippen LogP contribution in [0, 0.1) is 17.1 Å². The number of anilines is 1. The third-order valence-corrected chi connectivity index (χ3v) is 2.99. The number of ether oxygens (including phenoxy) is 1. The normalized spacial score (nSPS) is 10.7. The van der Waals surface area contributed by atoms with Gasteiger partial charge in [0.1, 0.15) is 23.2 Å². The Kier molecular flexibility index (Phi) is 5.48. The van der Waals surface area contributed by atoms with E-state index in [0.717, 1.165) is 0 Å². The van der Waals surface area contributed by atoms with Crippen LogP contribution >= 0.6 is 0 Å². The summed E-state index contributed by atoms with van der Waals surface area (Å²) < 4.78 is 18.9. The highest BCUT2D eigenvalue weighted by Crippen LogP contribution is 2.17. The molecule has 0 aromatic heterocycles. The summed E-state index contributed by atoms with van der Waals surface area (Å²) in [5.41, 5.74) is 0.531. The number of nitrogens with zero attached hydrogens (tertiary/aromatic N) is 1. The number of amides is 1. The lowest BCUT2D eigenvalue weighted by molar-refractivity contribution is -0.112. The Bertz CT molecular complexity index is 761. The Hall–Kier alpha value is -3.13. The predicted octanol–water partition coefficient (Wildman–Crippen LogP) is 3.77. The lowest BCUT2D eigenvalue weighted by atomic mass is 10.1. The van der Waals surface area contributed by atoms with Gasteiger partial charge in [0.15, 0.2) is 0 Å². The second kappa shape index (κ2) is 7.76. The quantitative estimate of drug-likeness (QED) is 0.675. The average molecular weight is 310 g/mol. The van der Waals surface area contributed by atoms with Gasteiger partial charge in [-0.05, 0) is 43.3 Å². The van der Waals surface area contributed by atoms with E-state index in [0.29, 0.717) is 18.0 Å². The molecule has 2 rings (SSSR count). The van der Waals surface area contributed by atoms with E-state index in [-0.39, 0.29) is 11.1 Å². The number of nitriles is 1. The molecule has 0 bridgehead atoms. The number of carbonyl (C=O) groups is 1. The maximum absolute atomic E-state index is 13.6. The maximum Gasteiger partial charge on any atom is 0.266 e. The van der Waals surface area contributed by atoms with Crippen molar-refractivity contribution in [3.63, 3.8) is 0 Å². The third kappa shape index (κ3) is 4.42. The molecule has 0 fully saturated rings. The molecule has 1 amide bonds. The van der Waals surface area contributed by atoms with Gasteiger partial charge in [0.25, 0.3) is 5.91 Å². The third-order valence-electron chi connectivity index (χ3n) is 2.99. The largest absolute Gasteiger partial charge is 0.494 e. The fourth-order valence-electron chi connectivity index (χ4n) is 1.90. The molecule has 4 nitrogen and oxygen atoms in total. The smallest absolute Gasteiger partial charge is 0.266 e. The summed E-state index contributed by atoms with van der Waals surface area (Å²) in [6, 6.07) is 14.5. The van der Waals surface area contributed by atoms with Crippen LogP contribution < -0.4 is 10.1 Å². The standard InChI is InChI=1S/C18H15FN2O2/c1-2-23-16-9-7-15(8-10-16)21-18(22)14(12-20)11-13-5-3-4-6-17(13)19/h3-11H,2H2,1H3,(H,21,22)/b14-11-. The summed E-state index contributed by atoms with van der Waals surface area (Å²) in [7, 11) is 0. The van der Waals surface area contributed by atoms with E-state index in [1.807, 2.05) is 6.92 Å². The summed E-state index contributed by atoms with van der Waals surface area (Å²) in [6.45, 7) is 2.43. The summed E-state index contributed by atoms with van der Waals surface area (Å²) in [6.07, 6.45) is 1.22. The molecule has 0 saturated carbocycles. The van der Waals surface area contributed by atoms with E-state index < -0.39 is 11.7 Å². The molecule has 5 heteroatoms. The van der Waals surface area contributed by atoms with Crippen LogP contribution in [0.1, 0.15) is 12.5 Å². The molecule has 23 heavy (non-hydrogen) atoms. The SMILES string of the molecule is CCOc1ccc(NC(=O)/C(C#N)=C\c2ccccc2F)cc1. The van der Waals surface area contributed by atoms with Crippen molar-refractivity contribution in [2.45, 2.75) is 6.92 Å². The zero-order valence-corrected chi connectivity index (χ0v) is 12.5. The van der Waals surface area contributed by atoms with E-state index in [1.165, 1.54) is 18.2 Å². The fourth-order valence-corrected chi connectivity index (χ4v) is 1.90. The van der Waals surface area contributed by atoms with Crippen LogP contribution in [0.4, 0.5) is 10.1 Å². The van der Waals surface area contributed by atoms with Crippen molar-refractivity contribution >= 4 is 17.7 Å². The predicted molar refractivity (Wildman–Crippen MR) is 86.2 cm³/mol. The first-order valence-corrected chi connectivity index (χ1v) is 7.04. The van der Waals surface area contributed by atoms with Crippen LogP contribution in [0.5, 0.6) is 5.75 Å². The first-order chi connectivity index (χ1) is 11.1. The number of nitrogens with one attached hydrogen (secondary N) is 1. The lowest BCUT2D eigenvalue weighted by Gasteiger charge is -2.06. The Morgan fingerprint density at radius 3 is 2.57 bits per heavy atom. The molecule has 0 heterocycles. The summed E-state index contributed by atoms with van der Waals surface area (Å²) in [5.74, 6) is -0.401. The molecule has 0 saturated heterocycles. The van der Waals surface area contributed by atoms with Crippen LogP contribution in [0.2, 0.25) is 0 Å². The van der Waals surface area contributed by atoms with Crippen molar-refractivity contribution in [2.75, 3.05) is 11.9 Å². The van der Waals surface area contributed by atoms with Gasteiger partial charge in [-0.3, -0.25) is 4.79 Å². The van der Waals surface area contributed by atoms with Gasteiger partial charge in [0, 0.05) is 11.3 Å². The number of rotatable bonds is 5. The molecule has 116 valence electrons. The molecule has 0 aliphatic rings. The molecular weight excluding hydrogens is 295 g/mol. The van der Waals surface area contributed by atoms with Gasteiger partial charge in [0.05, 0.1) is 6.61 Å². The minimum Gasteiger partial charge on any atom is -0.494 e. The number of benzene rings is 2. The molecule has 0 atom stereocenters. The Morgan fingerprint density at radius 1 is 1.26 bits per heavy atom. The van der Waals surface area contributed by atoms with Gasteiger partial charge in [-0.15, -0.1) is 0 Å². The molecule has 0 radical (unpaired) electrons. The molecule has 0 aliphatic heterocycles. The van der Waals surface area contributed by atoms with Crippen molar-refractivity contribution in [3.05, 3.63) is 65.5 Å². The number of hydrogen-bond acceptors (Lipinski definition) is 3. The van der Waals surface area contributed by atoms with E-state index in [4.69, 9.17) is 10.00 Å². The van der Waals surface area contributed by atoms with Gasteiger partial charge in [-0.25, -0.2) is 4.39 Å². The number of hydrogen-bond donors (Lipinski definition) is 1. The molecule has 0 aliphatic carbocycles. The van der Waals surface area contributed by atoms with Crippen molar-refractivity contribution in [1.82, 2.24) is 0 Å². The van der Waals surface area contributed by atoms with Crippen LogP contribution in [0.15, 0.2) is 54.1 Å². The second-order valence-electron chi connectivity index (χ2n) is 4.60. The Morgan fingerprint density at radius 2 is 1.96 bits per heavy atom. The minimum atomic E-state index is -0.597. The van der Waals surface area contributed by atoms with Crippen LogP contribution in [0.25, 0.3) is 6.08 Å². The molecule has 0 unspecified atom stereocenters. The number of carbonyl (C=O) groups excluding carboxylic acids is 1. The molecule has 1 N–H and O–H groups in total. The molecule has 2 aromatic carbocycles. The Labute approximate surface area is 133 Å². The highest BCUT2D eigenvalue weighted by Gasteiger charge is 2.11. The first kappa shape index (κ1) is 16.2. The minimum absolute atomic E-state index is 0.177. The van der Waals surface area contributed by atoms with Crippen molar-refractivity contribution in [2.24, 2.45) is 0 Å². The highest BCUT2D eigenvalue weighted by atomic mass is 19.1. The summed E-state index contributed by atoms with van der Waals surface area (Å²) in [5, 5.41) is 11.7. The number of halogens is 1. The monoisotopic (exact) mass is 310 g/mol. The van der Waals surface area contributed by atoms with E-state index in [9.17, 15) is 9.18 Å². The summed E-state index contributed by atoms with van der Waals surface area (Å²) in [4.78, 5) is 12.1. The van der Waals surface area contributed by atoms with E-state index >= 15 is 0 Å². The van der Waals surface area contributed by atoms with E-state index in [1.54, 1.807) is 42.5 Å². The summed E-state index contributed by atoms with van der Waals surface area (Å²) >= 11 is 0. The van der Waals surface area contributed by atoms with E-state index in [2.05, 4.69) is 5.32 Å². The van der Waals surface area contributed by atoms with Crippen LogP contribution in [-0.2, 0) is 4.79 Å². The van der Waals surface area contributed by atoms with Crippen molar-refractivity contribution in [1.29, 1.82) is 5.26 Å².